The van der Waals surface area contributed by atoms with Gasteiger partial charge < -0.3 is 23.5 Å². The van der Waals surface area contributed by atoms with Gasteiger partial charge in [-0.25, -0.2) is 14.1 Å². The van der Waals surface area contributed by atoms with Gasteiger partial charge >= 0.3 is 5.69 Å². The van der Waals surface area contributed by atoms with Crippen LogP contribution in [-0.2, 0) is 19.6 Å². The molecule has 0 radical (unpaired) electrons. The van der Waals surface area contributed by atoms with Crippen LogP contribution < -0.4 is 20.7 Å². The maximum atomic E-state index is 13.3. The van der Waals surface area contributed by atoms with Crippen LogP contribution in [0.25, 0.3) is 0 Å². The normalized spacial score (nSPS) is 17.8. The molecule has 1 saturated heterocycles. The second kappa shape index (κ2) is 18.4. The van der Waals surface area contributed by atoms with Crippen molar-refractivity contribution in [3.05, 3.63) is 128 Å². The molecule has 4 aromatic rings. The third-order valence-corrected chi connectivity index (χ3v) is 13.1. The quantitative estimate of drug-likeness (QED) is 0.0844. The van der Waals surface area contributed by atoms with E-state index in [1.54, 1.807) is 27.3 Å². The highest BCUT2D eigenvalue weighted by molar-refractivity contribution is 7.47. The van der Waals surface area contributed by atoms with Gasteiger partial charge in [0.2, 0.25) is 0 Å². The molecule has 1 N–H and O–H groups in total. The Bertz CT molecular complexity index is 1850. The van der Waals surface area contributed by atoms with E-state index >= 15 is 0 Å². The zero-order valence-corrected chi connectivity index (χ0v) is 35.1. The van der Waals surface area contributed by atoms with Crippen molar-refractivity contribution in [3.63, 3.8) is 0 Å². The third kappa shape index (κ3) is 9.25. The summed E-state index contributed by atoms with van der Waals surface area (Å²) in [6.45, 7) is 19.4. The Morgan fingerprint density at radius 3 is 1.69 bits per heavy atom. The fourth-order valence-electron chi connectivity index (χ4n) is 7.55. The minimum absolute atomic E-state index is 0.112. The minimum Gasteiger partial charge on any atom is -0.497 e. The molecule has 1 aliphatic heterocycles. The van der Waals surface area contributed by atoms with Gasteiger partial charge in [-0.2, -0.15) is 0 Å². The molecule has 0 spiro atoms. The number of nitrogens with one attached hydrogen (secondary N) is 1. The molecule has 0 aliphatic carbocycles. The Balaban J connectivity index is 1.65. The fourth-order valence-corrected chi connectivity index (χ4v) is 10.0. The maximum absolute atomic E-state index is 13.3. The van der Waals surface area contributed by atoms with Gasteiger partial charge in [0.25, 0.3) is 5.56 Å². The van der Waals surface area contributed by atoms with Crippen LogP contribution in [0.2, 0.25) is 0 Å². The Morgan fingerprint density at radius 2 is 1.24 bits per heavy atom. The lowest BCUT2D eigenvalue weighted by Gasteiger charge is -2.47. The number of nitrogens with zero attached hydrogens (tertiary/aromatic N) is 3. The van der Waals surface area contributed by atoms with Gasteiger partial charge in [0.15, 0.2) is 8.45 Å². The van der Waals surface area contributed by atoms with Crippen molar-refractivity contribution in [1.29, 1.82) is 0 Å². The molecule has 5 rings (SSSR count). The Kier molecular flexibility index (Phi) is 14.2. The molecule has 2 heterocycles. The number of hydrogen-bond donors (Lipinski definition) is 1. The number of aromatic nitrogens is 2. The molecule has 1 aromatic heterocycles. The first-order chi connectivity index (χ1) is 26.2. The summed E-state index contributed by atoms with van der Waals surface area (Å²) < 4.78 is 39.0. The van der Waals surface area contributed by atoms with E-state index in [-0.39, 0.29) is 30.8 Å². The number of aryl methyl sites for hydroxylation is 1. The van der Waals surface area contributed by atoms with Gasteiger partial charge in [-0.15, -0.1) is 0 Å². The van der Waals surface area contributed by atoms with Crippen molar-refractivity contribution in [2.24, 2.45) is 0 Å². The second-order valence-electron chi connectivity index (χ2n) is 15.2. The molecule has 11 nitrogen and oxygen atoms in total. The van der Waals surface area contributed by atoms with Crippen molar-refractivity contribution in [1.82, 2.24) is 18.9 Å². The largest absolute Gasteiger partial charge is 0.497 e. The number of aromatic amines is 1. The molecule has 12 heteroatoms. The van der Waals surface area contributed by atoms with Crippen molar-refractivity contribution in [2.75, 3.05) is 20.8 Å². The minimum atomic E-state index is -1.31. The third-order valence-electron chi connectivity index (χ3n) is 10.0. The van der Waals surface area contributed by atoms with E-state index in [1.165, 1.54) is 4.57 Å². The van der Waals surface area contributed by atoms with Gasteiger partial charge in [0.05, 0.1) is 26.9 Å². The molecule has 3 aromatic carbocycles. The summed E-state index contributed by atoms with van der Waals surface area (Å²) in [6, 6.07) is 26.7. The van der Waals surface area contributed by atoms with Crippen molar-refractivity contribution in [3.8, 4) is 11.5 Å². The smallest absolute Gasteiger partial charge is 0.330 e. The van der Waals surface area contributed by atoms with E-state index in [1.807, 2.05) is 66.7 Å². The van der Waals surface area contributed by atoms with Gasteiger partial charge in [-0.1, -0.05) is 54.6 Å². The van der Waals surface area contributed by atoms with Crippen molar-refractivity contribution >= 4 is 8.45 Å². The number of H-pyrrole nitrogens is 1. The van der Waals surface area contributed by atoms with E-state index in [0.717, 1.165) is 28.2 Å². The molecule has 0 saturated carbocycles. The molecule has 0 bridgehead atoms. The summed E-state index contributed by atoms with van der Waals surface area (Å²) >= 11 is 0. The van der Waals surface area contributed by atoms with Crippen LogP contribution in [0.3, 0.4) is 0 Å². The van der Waals surface area contributed by atoms with Crippen LogP contribution in [0.15, 0.2) is 94.6 Å². The van der Waals surface area contributed by atoms with Crippen molar-refractivity contribution < 1.29 is 23.5 Å². The van der Waals surface area contributed by atoms with Crippen LogP contribution in [0, 0.1) is 6.92 Å². The lowest BCUT2D eigenvalue weighted by atomic mass is 9.80. The summed E-state index contributed by atoms with van der Waals surface area (Å²) in [5.41, 5.74) is 1.08. The maximum Gasteiger partial charge on any atom is 0.330 e. The summed E-state index contributed by atoms with van der Waals surface area (Å²) in [4.78, 5) is 28.1. The topological polar surface area (TPSA) is 107 Å². The standard InChI is InChI=1S/C43H59N4O7P/c1-28(2)46(29(3)4)55(47(30(5)6)31(7)8)54-38-25-40(45-26-32(9)41(48)44-42(45)49)53-39(38)27-52-43(33-15-13-12-14-16-33,34-17-21-36(50-10)22-18-34)35-19-23-37(51-11)24-20-35/h12-24,26,28-31,38-40H,25,27H2,1-11H3,(H,44,48,49). The summed E-state index contributed by atoms with van der Waals surface area (Å²) in [6.07, 6.45) is 0.160. The zero-order chi connectivity index (χ0) is 40.0. The predicted molar refractivity (Wildman–Crippen MR) is 219 cm³/mol. The first-order valence-corrected chi connectivity index (χ1v) is 20.4. The highest BCUT2D eigenvalue weighted by Crippen LogP contribution is 2.54. The van der Waals surface area contributed by atoms with E-state index < -0.39 is 43.7 Å². The molecule has 0 amide bonds. The van der Waals surface area contributed by atoms with Crippen LogP contribution >= 0.6 is 8.45 Å². The van der Waals surface area contributed by atoms with Crippen LogP contribution in [0.1, 0.15) is 90.3 Å². The van der Waals surface area contributed by atoms with Crippen LogP contribution in [-0.4, -0.2) is 76.1 Å². The molecule has 1 fully saturated rings. The Labute approximate surface area is 327 Å². The SMILES string of the molecule is COc1ccc(C(OCC2OC(n3cc(C)c(=O)[nH]c3=O)CC2OP(N(C(C)C)C(C)C)N(C(C)C)C(C)C)(c2ccccc2)c2ccc(OC)cc2)cc1. The molecule has 55 heavy (non-hydrogen) atoms. The Hall–Kier alpha value is -3.83. The number of rotatable bonds is 17. The Morgan fingerprint density at radius 1 is 0.764 bits per heavy atom. The summed E-state index contributed by atoms with van der Waals surface area (Å²) in [5, 5.41) is 0. The van der Waals surface area contributed by atoms with Gasteiger partial charge in [0.1, 0.15) is 29.4 Å². The van der Waals surface area contributed by atoms with Gasteiger partial charge in [-0.05, 0) is 103 Å². The van der Waals surface area contributed by atoms with Crippen molar-refractivity contribution in [2.45, 2.75) is 117 Å². The highest BCUT2D eigenvalue weighted by Gasteiger charge is 2.46. The molecular weight excluding hydrogens is 715 g/mol. The van der Waals surface area contributed by atoms with E-state index in [9.17, 15) is 9.59 Å². The molecular formula is C43H59N4O7P. The molecule has 3 atom stereocenters. The fraction of sp³-hybridized carbons (Fsp3) is 0.488. The predicted octanol–water partition coefficient (Wildman–Crippen LogP) is 8.01. The first-order valence-electron chi connectivity index (χ1n) is 19.2. The van der Waals surface area contributed by atoms with Crippen LogP contribution in [0.4, 0.5) is 0 Å². The molecule has 298 valence electrons. The average molecular weight is 775 g/mol. The second-order valence-corrected chi connectivity index (χ2v) is 16.8. The van der Waals surface area contributed by atoms with E-state index in [4.69, 9.17) is 23.5 Å². The average Bonchev–Trinajstić information content (AvgIpc) is 3.55. The van der Waals surface area contributed by atoms with E-state index in [2.05, 4.69) is 81.8 Å². The number of methoxy groups -OCH3 is 2. The van der Waals surface area contributed by atoms with E-state index in [0.29, 0.717) is 12.0 Å². The molecule has 1 aliphatic rings. The first kappa shape index (κ1) is 42.3. The zero-order valence-electron chi connectivity index (χ0n) is 34.2. The highest BCUT2D eigenvalue weighted by atomic mass is 31.2. The number of ether oxygens (including phenoxy) is 4. The van der Waals surface area contributed by atoms with Gasteiger partial charge in [0, 0.05) is 42.3 Å². The summed E-state index contributed by atoms with van der Waals surface area (Å²) in [5.74, 6) is 1.45. The number of benzene rings is 3. The monoisotopic (exact) mass is 774 g/mol. The molecule has 3 unspecified atom stereocenters. The van der Waals surface area contributed by atoms with Crippen LogP contribution in [0.5, 0.6) is 11.5 Å². The lowest BCUT2D eigenvalue weighted by Crippen LogP contribution is -2.45. The lowest BCUT2D eigenvalue weighted by molar-refractivity contribution is -0.0922. The van der Waals surface area contributed by atoms with Gasteiger partial charge in [-0.3, -0.25) is 14.3 Å². The number of hydrogen-bond acceptors (Lipinski definition) is 9. The summed E-state index contributed by atoms with van der Waals surface area (Å²) in [7, 11) is 1.99.